The summed E-state index contributed by atoms with van der Waals surface area (Å²) in [4.78, 5) is 32.7. The van der Waals surface area contributed by atoms with Crippen molar-refractivity contribution in [1.82, 2.24) is 25.0 Å². The van der Waals surface area contributed by atoms with E-state index in [1.165, 1.54) is 4.68 Å². The van der Waals surface area contributed by atoms with Crippen molar-refractivity contribution in [1.29, 1.82) is 0 Å². The minimum absolute atomic E-state index is 0.221. The molecule has 0 bridgehead atoms. The number of piperidine rings is 1. The summed E-state index contributed by atoms with van der Waals surface area (Å²) < 4.78 is 43.9. The van der Waals surface area contributed by atoms with E-state index >= 15 is 0 Å². The summed E-state index contributed by atoms with van der Waals surface area (Å²) in [6.45, 7) is 15.4. The average Bonchev–Trinajstić information content (AvgIpc) is 3.38. The molecule has 0 radical (unpaired) electrons. The molecule has 1 saturated heterocycles. The molecule has 1 aromatic carbocycles. The number of aromatic nitrogens is 3. The smallest absolute Gasteiger partial charge is 0.477 e. The Bertz CT molecular complexity index is 1650. The summed E-state index contributed by atoms with van der Waals surface area (Å²) in [5, 5.41) is 8.52. The molecule has 5 rings (SSSR count). The van der Waals surface area contributed by atoms with Crippen LogP contribution in [-0.2, 0) is 29.6 Å². The van der Waals surface area contributed by atoms with Crippen molar-refractivity contribution in [2.75, 3.05) is 19.7 Å². The van der Waals surface area contributed by atoms with Gasteiger partial charge in [0.05, 0.1) is 29.4 Å². The summed E-state index contributed by atoms with van der Waals surface area (Å²) in [6.07, 6.45) is 3.06. The normalized spacial score (nSPS) is 18.1. The van der Waals surface area contributed by atoms with E-state index in [1.807, 2.05) is 25.1 Å². The fourth-order valence-corrected chi connectivity index (χ4v) is 7.58. The zero-order chi connectivity index (χ0) is 34.2. The molecule has 4 heterocycles. The van der Waals surface area contributed by atoms with Crippen LogP contribution in [0.25, 0.3) is 10.9 Å². The van der Waals surface area contributed by atoms with Gasteiger partial charge in [-0.15, -0.1) is 0 Å². The Labute approximate surface area is 275 Å². The van der Waals surface area contributed by atoms with Gasteiger partial charge in [-0.05, 0) is 73.6 Å². The number of fused-ring (bicyclic) bond motifs is 2. The number of ether oxygens (including phenoxy) is 2. The molecule has 0 unspecified atom stereocenters. The van der Waals surface area contributed by atoms with Crippen molar-refractivity contribution in [3.63, 3.8) is 0 Å². The van der Waals surface area contributed by atoms with E-state index in [9.17, 15) is 14.2 Å². The maximum absolute atomic E-state index is 13.9. The van der Waals surface area contributed by atoms with Crippen LogP contribution in [0, 0.1) is 6.92 Å². The number of likely N-dealkylation sites (tertiary alicyclic amines) is 1. The molecule has 1 fully saturated rings. The van der Waals surface area contributed by atoms with Crippen molar-refractivity contribution in [2.24, 2.45) is 0 Å². The first-order chi connectivity index (χ1) is 22.0. The Morgan fingerprint density at radius 3 is 2.38 bits per heavy atom. The maximum atomic E-state index is 13.9. The fourth-order valence-electron chi connectivity index (χ4n) is 5.83. The quantitative estimate of drug-likeness (QED) is 0.257. The third kappa shape index (κ3) is 8.51. The van der Waals surface area contributed by atoms with E-state index in [1.54, 1.807) is 71.7 Å². The molecule has 1 spiro atoms. The average molecular weight is 672 g/mol. The molecule has 0 aliphatic carbocycles. The number of carbonyl (C=O) groups is 2. The van der Waals surface area contributed by atoms with Gasteiger partial charge >= 0.3 is 13.9 Å². The van der Waals surface area contributed by atoms with Crippen molar-refractivity contribution < 1.29 is 37.2 Å². The Balaban J connectivity index is 1.36. The van der Waals surface area contributed by atoms with E-state index in [0.717, 1.165) is 5.69 Å². The van der Waals surface area contributed by atoms with E-state index in [-0.39, 0.29) is 18.7 Å². The number of phosphoric ester groups is 1. The first-order valence-corrected chi connectivity index (χ1v) is 17.4. The van der Waals surface area contributed by atoms with Gasteiger partial charge in [-0.25, -0.2) is 14.0 Å². The predicted octanol–water partition coefficient (Wildman–Crippen LogP) is 6.70. The topological polar surface area (TPSA) is 143 Å². The number of amides is 2. The number of aryl methyl sites for hydroxylation is 1. The van der Waals surface area contributed by atoms with Gasteiger partial charge in [-0.3, -0.25) is 23.3 Å². The van der Waals surface area contributed by atoms with Crippen LogP contribution in [0.1, 0.15) is 95.5 Å². The number of hydrogen-bond acceptors (Lipinski definition) is 10. The molecular weight excluding hydrogens is 625 g/mol. The Hall–Kier alpha value is -3.51. The number of carbonyl (C=O) groups excluding carboxylic acids is 2. The summed E-state index contributed by atoms with van der Waals surface area (Å²) in [5.41, 5.74) is 0.154. The molecule has 2 aliphatic rings. The van der Waals surface area contributed by atoms with Crippen molar-refractivity contribution in [3.05, 3.63) is 53.5 Å². The molecule has 13 nitrogen and oxygen atoms in total. The van der Waals surface area contributed by atoms with Gasteiger partial charge in [-0.1, -0.05) is 12.1 Å². The van der Waals surface area contributed by atoms with Gasteiger partial charge < -0.3 is 19.7 Å². The van der Waals surface area contributed by atoms with Crippen LogP contribution in [-0.4, -0.2) is 68.2 Å². The minimum Gasteiger partial charge on any atom is -0.485 e. The SMILES string of the molecule is CCOC(=O)N1CCC2(CC1)C[C@H](NC(=O)c1cccc3cn(COP(=O)(OC(C)(C)C)OC(C)(C)C)nc13)c1nc(C)ccc1O2. The standard InChI is InChI=1S/C33H46N5O8P/c1-9-42-30(40)37-17-15-33(16-18-37)19-25(28-26(44-33)14-13-22(2)34-28)35-29(39)24-12-10-11-23-20-38(36-27(23)24)21-43-47(41,45-31(3,4)5)46-32(6,7)8/h10-14,20,25H,9,15-19,21H2,1-8H3,(H,35,39)/t25-/m0/s1. The Morgan fingerprint density at radius 2 is 1.74 bits per heavy atom. The van der Waals surface area contributed by atoms with Gasteiger partial charge in [0.15, 0.2) is 6.73 Å². The second-order valence-electron chi connectivity index (χ2n) is 14.1. The summed E-state index contributed by atoms with van der Waals surface area (Å²) in [6, 6.07) is 8.68. The lowest BCUT2D eigenvalue weighted by Gasteiger charge is -2.46. The first kappa shape index (κ1) is 34.8. The molecular formula is C33H46N5O8P. The van der Waals surface area contributed by atoms with Gasteiger partial charge in [0.1, 0.15) is 22.6 Å². The van der Waals surface area contributed by atoms with Crippen LogP contribution in [0.5, 0.6) is 5.75 Å². The molecule has 47 heavy (non-hydrogen) atoms. The van der Waals surface area contributed by atoms with Crippen LogP contribution >= 0.6 is 7.82 Å². The predicted molar refractivity (Wildman–Crippen MR) is 175 cm³/mol. The van der Waals surface area contributed by atoms with Crippen molar-refractivity contribution in [3.8, 4) is 5.75 Å². The lowest BCUT2D eigenvalue weighted by molar-refractivity contribution is -0.0245. The lowest BCUT2D eigenvalue weighted by atomic mass is 9.81. The molecule has 14 heteroatoms. The zero-order valence-electron chi connectivity index (χ0n) is 28.5. The lowest BCUT2D eigenvalue weighted by Crippen LogP contribution is -2.53. The van der Waals surface area contributed by atoms with Gasteiger partial charge in [0, 0.05) is 49.6 Å². The highest BCUT2D eigenvalue weighted by Gasteiger charge is 2.45. The fraction of sp³-hybridized carbons (Fsp3) is 0.576. The number of phosphoric acid groups is 1. The van der Waals surface area contributed by atoms with Gasteiger partial charge in [0.25, 0.3) is 5.91 Å². The summed E-state index contributed by atoms with van der Waals surface area (Å²) >= 11 is 0. The third-order valence-corrected chi connectivity index (χ3v) is 9.69. The number of nitrogens with one attached hydrogen (secondary N) is 1. The monoisotopic (exact) mass is 671 g/mol. The summed E-state index contributed by atoms with van der Waals surface area (Å²) in [7, 11) is -3.98. The minimum atomic E-state index is -3.98. The van der Waals surface area contributed by atoms with Crippen molar-refractivity contribution in [2.45, 2.75) is 104 Å². The third-order valence-electron chi connectivity index (χ3n) is 7.71. The van der Waals surface area contributed by atoms with Gasteiger partial charge in [0.2, 0.25) is 0 Å². The number of nitrogens with zero attached hydrogens (tertiary/aromatic N) is 4. The number of benzene rings is 1. The molecule has 2 amide bonds. The van der Waals surface area contributed by atoms with Crippen LogP contribution in [0.15, 0.2) is 36.5 Å². The van der Waals surface area contributed by atoms with E-state index in [0.29, 0.717) is 66.9 Å². The Morgan fingerprint density at radius 1 is 1.06 bits per heavy atom. The van der Waals surface area contributed by atoms with E-state index < -0.39 is 30.7 Å². The van der Waals surface area contributed by atoms with Gasteiger partial charge in [-0.2, -0.15) is 5.10 Å². The van der Waals surface area contributed by atoms with Crippen LogP contribution < -0.4 is 10.1 Å². The zero-order valence-corrected chi connectivity index (χ0v) is 29.4. The number of rotatable bonds is 8. The number of pyridine rings is 1. The molecule has 2 aromatic heterocycles. The number of hydrogen-bond donors (Lipinski definition) is 1. The highest BCUT2D eigenvalue weighted by molar-refractivity contribution is 7.48. The van der Waals surface area contributed by atoms with Crippen molar-refractivity contribution >= 4 is 30.7 Å². The molecule has 3 aromatic rings. The molecule has 1 N–H and O–H groups in total. The van der Waals surface area contributed by atoms with Crippen LogP contribution in [0.3, 0.4) is 0 Å². The van der Waals surface area contributed by atoms with Crippen LogP contribution in [0.4, 0.5) is 4.79 Å². The highest BCUT2D eigenvalue weighted by Crippen LogP contribution is 2.55. The second-order valence-corrected chi connectivity index (χ2v) is 15.6. The first-order valence-electron chi connectivity index (χ1n) is 16.0. The van der Waals surface area contributed by atoms with E-state index in [4.69, 9.17) is 28.0 Å². The summed E-state index contributed by atoms with van der Waals surface area (Å²) in [5.74, 6) is 0.301. The maximum Gasteiger partial charge on any atom is 0.477 e. The molecule has 0 saturated carbocycles. The second kappa shape index (κ2) is 13.2. The molecule has 256 valence electrons. The highest BCUT2D eigenvalue weighted by atomic mass is 31.2. The Kier molecular flexibility index (Phi) is 9.76. The van der Waals surface area contributed by atoms with Crippen LogP contribution in [0.2, 0.25) is 0 Å². The van der Waals surface area contributed by atoms with E-state index in [2.05, 4.69) is 10.4 Å². The largest absolute Gasteiger partial charge is 0.485 e. The molecule has 2 aliphatic heterocycles. The molecule has 1 atom stereocenters.